The Morgan fingerprint density at radius 2 is 1.67 bits per heavy atom. The van der Waals surface area contributed by atoms with Gasteiger partial charge in [-0.25, -0.2) is 0 Å². The maximum atomic E-state index is 5.29. The van der Waals surface area contributed by atoms with E-state index in [2.05, 4.69) is 39.9 Å². The molecule has 90 valence electrons. The van der Waals surface area contributed by atoms with Crippen LogP contribution in [-0.4, -0.2) is 24.8 Å². The summed E-state index contributed by atoms with van der Waals surface area (Å²) in [5.74, 6) is 0. The Balaban J connectivity index is 2.31. The van der Waals surface area contributed by atoms with E-state index in [-0.39, 0.29) is 5.54 Å². The fourth-order valence-electron chi connectivity index (χ4n) is 2.81. The van der Waals surface area contributed by atoms with Crippen molar-refractivity contribution < 1.29 is 4.74 Å². The minimum atomic E-state index is 0.238. The van der Waals surface area contributed by atoms with Gasteiger partial charge in [-0.1, -0.05) is 20.8 Å². The van der Waals surface area contributed by atoms with E-state index in [4.69, 9.17) is 4.74 Å². The topological polar surface area (TPSA) is 21.3 Å². The minimum absolute atomic E-state index is 0.238. The summed E-state index contributed by atoms with van der Waals surface area (Å²) in [6, 6.07) is 0.660. The van der Waals surface area contributed by atoms with Crippen molar-refractivity contribution in [2.75, 3.05) is 7.11 Å². The Morgan fingerprint density at radius 3 is 2.07 bits per heavy atom. The summed E-state index contributed by atoms with van der Waals surface area (Å²) in [6.07, 6.45) is 4.04. The van der Waals surface area contributed by atoms with Crippen LogP contribution in [0.3, 0.4) is 0 Å². The second-order valence-electron chi connectivity index (χ2n) is 6.79. The Morgan fingerprint density at radius 1 is 1.13 bits per heavy atom. The maximum absolute atomic E-state index is 5.29. The first-order chi connectivity index (χ1) is 6.72. The van der Waals surface area contributed by atoms with Crippen LogP contribution >= 0.6 is 0 Å². The van der Waals surface area contributed by atoms with Crippen molar-refractivity contribution in [3.63, 3.8) is 0 Å². The normalized spacial score (nSPS) is 27.6. The fraction of sp³-hybridized carbons (Fsp3) is 1.00. The molecule has 0 unspecified atom stereocenters. The molecule has 0 saturated heterocycles. The van der Waals surface area contributed by atoms with Crippen LogP contribution < -0.4 is 5.32 Å². The monoisotopic (exact) mass is 213 g/mol. The van der Waals surface area contributed by atoms with Gasteiger partial charge in [0.25, 0.3) is 0 Å². The zero-order valence-electron chi connectivity index (χ0n) is 11.2. The predicted octanol–water partition coefficient (Wildman–Crippen LogP) is 2.97. The Bertz CT molecular complexity index is 199. The number of methoxy groups -OCH3 is 1. The number of rotatable bonds is 4. The molecule has 0 spiro atoms. The number of ether oxygens (including phenoxy) is 1. The van der Waals surface area contributed by atoms with Gasteiger partial charge >= 0.3 is 0 Å². The summed E-state index contributed by atoms with van der Waals surface area (Å²) in [7, 11) is 1.81. The molecule has 1 saturated carbocycles. The second-order valence-corrected chi connectivity index (χ2v) is 6.79. The van der Waals surface area contributed by atoms with Gasteiger partial charge in [-0.2, -0.15) is 0 Å². The van der Waals surface area contributed by atoms with Crippen LogP contribution in [0.5, 0.6) is 0 Å². The molecule has 0 aliphatic heterocycles. The van der Waals surface area contributed by atoms with E-state index in [1.807, 2.05) is 0 Å². The molecular formula is C13H27NO. The lowest BCUT2D eigenvalue weighted by Gasteiger charge is -2.42. The molecule has 1 aliphatic rings. The molecular weight excluding hydrogens is 186 g/mol. The third-order valence-corrected chi connectivity index (χ3v) is 3.00. The summed E-state index contributed by atoms with van der Waals surface area (Å²) in [4.78, 5) is 0. The summed E-state index contributed by atoms with van der Waals surface area (Å²) >= 11 is 0. The lowest BCUT2D eigenvalue weighted by molar-refractivity contribution is 0.00695. The van der Waals surface area contributed by atoms with Crippen LogP contribution in [0.4, 0.5) is 0 Å². The molecule has 1 N–H and O–H groups in total. The van der Waals surface area contributed by atoms with Gasteiger partial charge in [0, 0.05) is 18.7 Å². The molecule has 2 heteroatoms. The van der Waals surface area contributed by atoms with E-state index in [1.165, 1.54) is 19.3 Å². The maximum Gasteiger partial charge on any atom is 0.0601 e. The van der Waals surface area contributed by atoms with Crippen molar-refractivity contribution in [2.24, 2.45) is 5.41 Å². The molecule has 0 aromatic heterocycles. The highest BCUT2D eigenvalue weighted by Gasteiger charge is 2.34. The van der Waals surface area contributed by atoms with E-state index in [0.717, 1.165) is 0 Å². The molecule has 0 bridgehead atoms. The smallest absolute Gasteiger partial charge is 0.0601 e. The van der Waals surface area contributed by atoms with E-state index in [1.54, 1.807) is 7.11 Å². The highest BCUT2D eigenvalue weighted by Crippen LogP contribution is 2.30. The molecule has 0 heterocycles. The van der Waals surface area contributed by atoms with Crippen LogP contribution in [0, 0.1) is 5.41 Å². The van der Waals surface area contributed by atoms with Crippen LogP contribution in [0.1, 0.15) is 53.9 Å². The van der Waals surface area contributed by atoms with Gasteiger partial charge in [0.15, 0.2) is 0 Å². The lowest BCUT2D eigenvalue weighted by atomic mass is 9.79. The summed E-state index contributed by atoms with van der Waals surface area (Å²) in [6.45, 7) is 11.5. The molecule has 0 amide bonds. The molecule has 1 aliphatic carbocycles. The summed E-state index contributed by atoms with van der Waals surface area (Å²) in [5, 5.41) is 3.73. The summed E-state index contributed by atoms with van der Waals surface area (Å²) < 4.78 is 5.29. The number of nitrogens with one attached hydrogen (secondary N) is 1. The van der Waals surface area contributed by atoms with Crippen LogP contribution in [0.2, 0.25) is 0 Å². The van der Waals surface area contributed by atoms with Gasteiger partial charge in [0.05, 0.1) is 6.10 Å². The van der Waals surface area contributed by atoms with Gasteiger partial charge < -0.3 is 10.1 Å². The van der Waals surface area contributed by atoms with Crippen LogP contribution in [-0.2, 0) is 4.74 Å². The van der Waals surface area contributed by atoms with Gasteiger partial charge in [0.2, 0.25) is 0 Å². The van der Waals surface area contributed by atoms with Gasteiger partial charge in [-0.3, -0.25) is 0 Å². The minimum Gasteiger partial charge on any atom is -0.381 e. The number of hydrogen-bond acceptors (Lipinski definition) is 2. The third-order valence-electron chi connectivity index (χ3n) is 3.00. The zero-order valence-corrected chi connectivity index (χ0v) is 11.2. The standard InChI is InChI=1S/C13H27NO/c1-12(2,3)9-13(4,5)14-10-7-11(8-10)15-6/h10-11,14H,7-9H2,1-6H3. The lowest BCUT2D eigenvalue weighted by Crippen LogP contribution is -2.54. The second kappa shape index (κ2) is 4.42. The van der Waals surface area contributed by atoms with Crippen molar-refractivity contribution in [1.29, 1.82) is 0 Å². The van der Waals surface area contributed by atoms with Crippen molar-refractivity contribution in [3.05, 3.63) is 0 Å². The van der Waals surface area contributed by atoms with E-state index in [0.29, 0.717) is 17.6 Å². The quantitative estimate of drug-likeness (QED) is 0.775. The van der Waals surface area contributed by atoms with E-state index >= 15 is 0 Å². The Labute approximate surface area is 94.8 Å². The number of hydrogen-bond donors (Lipinski definition) is 1. The highest BCUT2D eigenvalue weighted by atomic mass is 16.5. The van der Waals surface area contributed by atoms with Crippen LogP contribution in [0.25, 0.3) is 0 Å². The fourth-order valence-corrected chi connectivity index (χ4v) is 2.81. The molecule has 1 fully saturated rings. The van der Waals surface area contributed by atoms with Crippen molar-refractivity contribution in [1.82, 2.24) is 5.32 Å². The van der Waals surface area contributed by atoms with Gasteiger partial charge in [0.1, 0.15) is 0 Å². The summed E-state index contributed by atoms with van der Waals surface area (Å²) in [5.41, 5.74) is 0.628. The molecule has 1 rings (SSSR count). The van der Waals surface area contributed by atoms with Crippen molar-refractivity contribution >= 4 is 0 Å². The first-order valence-electron chi connectivity index (χ1n) is 6.02. The van der Waals surface area contributed by atoms with Gasteiger partial charge in [-0.05, 0) is 38.5 Å². The van der Waals surface area contributed by atoms with Gasteiger partial charge in [-0.15, -0.1) is 0 Å². The third kappa shape index (κ3) is 4.52. The SMILES string of the molecule is COC1CC(NC(C)(C)CC(C)(C)C)C1. The zero-order chi connectivity index (χ0) is 11.7. The molecule has 0 aromatic carbocycles. The molecule has 0 atom stereocenters. The van der Waals surface area contributed by atoms with E-state index < -0.39 is 0 Å². The first kappa shape index (κ1) is 13.0. The van der Waals surface area contributed by atoms with Crippen molar-refractivity contribution in [2.45, 2.75) is 71.6 Å². The molecule has 0 aromatic rings. The Kier molecular flexibility index (Phi) is 3.83. The average molecular weight is 213 g/mol. The largest absolute Gasteiger partial charge is 0.381 e. The molecule has 0 radical (unpaired) electrons. The Hall–Kier alpha value is -0.0800. The first-order valence-corrected chi connectivity index (χ1v) is 6.02. The highest BCUT2D eigenvalue weighted by molar-refractivity contribution is 4.93. The predicted molar refractivity (Wildman–Crippen MR) is 65.1 cm³/mol. The average Bonchev–Trinajstić information content (AvgIpc) is 1.90. The van der Waals surface area contributed by atoms with Crippen molar-refractivity contribution in [3.8, 4) is 0 Å². The van der Waals surface area contributed by atoms with E-state index in [9.17, 15) is 0 Å². The molecule has 15 heavy (non-hydrogen) atoms. The molecule has 2 nitrogen and oxygen atoms in total. The van der Waals surface area contributed by atoms with Crippen LogP contribution in [0.15, 0.2) is 0 Å².